The van der Waals surface area contributed by atoms with Crippen molar-refractivity contribution < 1.29 is 18.9 Å². The van der Waals surface area contributed by atoms with Gasteiger partial charge in [-0.2, -0.15) is 5.10 Å². The summed E-state index contributed by atoms with van der Waals surface area (Å²) in [6.07, 6.45) is 3.01. The summed E-state index contributed by atoms with van der Waals surface area (Å²) >= 11 is 0. The van der Waals surface area contributed by atoms with Crippen LogP contribution in [0.25, 0.3) is 6.08 Å². The van der Waals surface area contributed by atoms with E-state index in [1.807, 2.05) is 6.92 Å². The number of nitro groups is 1. The van der Waals surface area contributed by atoms with Gasteiger partial charge in [0, 0.05) is 19.2 Å². The Kier molecular flexibility index (Phi) is 5.16. The monoisotopic (exact) mass is 367 g/mol. The van der Waals surface area contributed by atoms with Crippen molar-refractivity contribution in [2.24, 2.45) is 7.05 Å². The van der Waals surface area contributed by atoms with Gasteiger partial charge in [0.05, 0.1) is 10.6 Å². The van der Waals surface area contributed by atoms with Crippen molar-refractivity contribution in [2.75, 3.05) is 0 Å². The molecule has 0 atom stereocenters. The Labute approximate surface area is 154 Å². The van der Waals surface area contributed by atoms with Crippen molar-refractivity contribution in [3.8, 4) is 5.75 Å². The molecule has 27 heavy (non-hydrogen) atoms. The van der Waals surface area contributed by atoms with E-state index in [0.29, 0.717) is 23.0 Å². The second-order valence-corrected chi connectivity index (χ2v) is 5.84. The fraction of sp³-hybridized carbons (Fsp3) is 0.158. The number of furan rings is 1. The number of hydrogen-bond acceptors (Lipinski definition) is 6. The number of carbonyl (C=O) groups is 1. The lowest BCUT2D eigenvalue weighted by molar-refractivity contribution is -0.384. The molecule has 0 saturated carbocycles. The van der Waals surface area contributed by atoms with Gasteiger partial charge < -0.3 is 9.15 Å². The van der Waals surface area contributed by atoms with Gasteiger partial charge in [0.2, 0.25) is 5.78 Å². The highest BCUT2D eigenvalue weighted by molar-refractivity contribution is 6.05. The minimum atomic E-state index is -0.469. The summed E-state index contributed by atoms with van der Waals surface area (Å²) in [5.74, 6) is 1.41. The maximum atomic E-state index is 12.2. The number of carbonyl (C=O) groups excluding carboxylic acids is 1. The van der Waals surface area contributed by atoms with Crippen LogP contribution in [0.4, 0.5) is 5.69 Å². The standard InChI is InChI=1S/C19H17N3O5/c1-13-11-18(21(2)20-13)19(23)10-9-16-7-8-17(27-16)12-26-15-5-3-14(4-6-15)22(24)25/h3-11H,12H2,1-2H3. The molecule has 0 N–H and O–H groups in total. The lowest BCUT2D eigenvalue weighted by Crippen LogP contribution is -2.03. The molecule has 8 nitrogen and oxygen atoms in total. The van der Waals surface area contributed by atoms with Gasteiger partial charge in [0.1, 0.15) is 29.6 Å². The highest BCUT2D eigenvalue weighted by Gasteiger charge is 2.09. The van der Waals surface area contributed by atoms with E-state index in [0.717, 1.165) is 5.69 Å². The summed E-state index contributed by atoms with van der Waals surface area (Å²) in [6, 6.07) is 11.0. The van der Waals surface area contributed by atoms with Crippen LogP contribution in [0.1, 0.15) is 27.7 Å². The van der Waals surface area contributed by atoms with Crippen LogP contribution in [0.15, 0.2) is 53.0 Å². The normalized spacial score (nSPS) is 11.0. The molecule has 0 bridgehead atoms. The number of ketones is 1. The van der Waals surface area contributed by atoms with E-state index in [4.69, 9.17) is 9.15 Å². The van der Waals surface area contributed by atoms with Gasteiger partial charge in [-0.1, -0.05) is 0 Å². The SMILES string of the molecule is Cc1cc(C(=O)C=Cc2ccc(COc3ccc([N+](=O)[O-])cc3)o2)n(C)n1. The lowest BCUT2D eigenvalue weighted by Gasteiger charge is -2.03. The Hall–Kier alpha value is -3.68. The van der Waals surface area contributed by atoms with Crippen molar-refractivity contribution in [3.63, 3.8) is 0 Å². The predicted octanol–water partition coefficient (Wildman–Crippen LogP) is 3.70. The molecule has 1 aromatic carbocycles. The zero-order valence-electron chi connectivity index (χ0n) is 14.8. The average Bonchev–Trinajstić information content (AvgIpc) is 3.24. The molecule has 0 radical (unpaired) electrons. The molecule has 2 aromatic heterocycles. The van der Waals surface area contributed by atoms with E-state index in [-0.39, 0.29) is 18.1 Å². The second-order valence-electron chi connectivity index (χ2n) is 5.84. The molecule has 138 valence electrons. The van der Waals surface area contributed by atoms with Crippen LogP contribution in [0.2, 0.25) is 0 Å². The number of aromatic nitrogens is 2. The molecule has 0 aliphatic heterocycles. The molecule has 0 aliphatic rings. The van der Waals surface area contributed by atoms with Gasteiger partial charge in [0.15, 0.2) is 0 Å². The maximum Gasteiger partial charge on any atom is 0.269 e. The van der Waals surface area contributed by atoms with Crippen molar-refractivity contribution in [1.82, 2.24) is 9.78 Å². The summed E-state index contributed by atoms with van der Waals surface area (Å²) in [6.45, 7) is 1.99. The molecule has 3 aromatic rings. The van der Waals surface area contributed by atoms with Gasteiger partial charge in [-0.3, -0.25) is 19.6 Å². The Morgan fingerprint density at radius 1 is 1.30 bits per heavy atom. The first kappa shape index (κ1) is 18.1. The third-order valence-electron chi connectivity index (χ3n) is 3.76. The molecular weight excluding hydrogens is 350 g/mol. The topological polar surface area (TPSA) is 100 Å². The first-order valence-corrected chi connectivity index (χ1v) is 8.11. The van der Waals surface area contributed by atoms with E-state index in [2.05, 4.69) is 5.10 Å². The van der Waals surface area contributed by atoms with E-state index in [9.17, 15) is 14.9 Å². The van der Waals surface area contributed by atoms with Crippen LogP contribution >= 0.6 is 0 Å². The van der Waals surface area contributed by atoms with Crippen LogP contribution in [-0.2, 0) is 13.7 Å². The number of aryl methyl sites for hydroxylation is 2. The molecule has 0 fully saturated rings. The largest absolute Gasteiger partial charge is 0.486 e. The highest BCUT2D eigenvalue weighted by atomic mass is 16.6. The van der Waals surface area contributed by atoms with Crippen LogP contribution in [0.5, 0.6) is 5.75 Å². The number of hydrogen-bond donors (Lipinski definition) is 0. The molecule has 0 saturated heterocycles. The first-order valence-electron chi connectivity index (χ1n) is 8.11. The Morgan fingerprint density at radius 3 is 2.67 bits per heavy atom. The van der Waals surface area contributed by atoms with E-state index in [1.165, 1.54) is 35.0 Å². The first-order chi connectivity index (χ1) is 12.9. The van der Waals surface area contributed by atoms with Crippen molar-refractivity contribution >= 4 is 17.5 Å². The van der Waals surface area contributed by atoms with Gasteiger partial charge in [-0.25, -0.2) is 0 Å². The lowest BCUT2D eigenvalue weighted by atomic mass is 10.2. The Bertz CT molecular complexity index is 999. The number of nitro benzene ring substituents is 1. The molecule has 0 amide bonds. The zero-order chi connectivity index (χ0) is 19.4. The number of rotatable bonds is 7. The fourth-order valence-electron chi connectivity index (χ4n) is 2.46. The maximum absolute atomic E-state index is 12.2. The highest BCUT2D eigenvalue weighted by Crippen LogP contribution is 2.19. The zero-order valence-corrected chi connectivity index (χ0v) is 14.8. The van der Waals surface area contributed by atoms with Crippen molar-refractivity contribution in [3.05, 3.63) is 81.6 Å². The summed E-state index contributed by atoms with van der Waals surface area (Å²) in [5, 5.41) is 14.8. The van der Waals surface area contributed by atoms with Gasteiger partial charge in [-0.05, 0) is 49.4 Å². The number of benzene rings is 1. The molecule has 0 spiro atoms. The predicted molar refractivity (Wildman–Crippen MR) is 97.4 cm³/mol. The smallest absolute Gasteiger partial charge is 0.269 e. The summed E-state index contributed by atoms with van der Waals surface area (Å²) < 4.78 is 12.7. The van der Waals surface area contributed by atoms with Crippen molar-refractivity contribution in [2.45, 2.75) is 13.5 Å². The number of non-ortho nitro benzene ring substituents is 1. The second kappa shape index (κ2) is 7.69. The summed E-state index contributed by atoms with van der Waals surface area (Å²) in [7, 11) is 1.72. The van der Waals surface area contributed by atoms with Gasteiger partial charge in [0.25, 0.3) is 5.69 Å². The number of allylic oxidation sites excluding steroid dienone is 1. The van der Waals surface area contributed by atoms with Crippen LogP contribution in [0.3, 0.4) is 0 Å². The van der Waals surface area contributed by atoms with Crippen molar-refractivity contribution in [1.29, 1.82) is 0 Å². The van der Waals surface area contributed by atoms with Crippen LogP contribution < -0.4 is 4.74 Å². The Balaban J connectivity index is 1.58. The molecule has 2 heterocycles. The Morgan fingerprint density at radius 2 is 2.04 bits per heavy atom. The van der Waals surface area contributed by atoms with E-state index >= 15 is 0 Å². The van der Waals surface area contributed by atoms with Crippen LogP contribution in [-0.4, -0.2) is 20.5 Å². The third-order valence-corrected chi connectivity index (χ3v) is 3.76. The molecule has 3 rings (SSSR count). The molecule has 8 heteroatoms. The molecule has 0 unspecified atom stereocenters. The third kappa shape index (κ3) is 4.49. The minimum Gasteiger partial charge on any atom is -0.486 e. The number of nitrogens with zero attached hydrogens (tertiary/aromatic N) is 3. The van der Waals surface area contributed by atoms with E-state index < -0.39 is 4.92 Å². The average molecular weight is 367 g/mol. The summed E-state index contributed by atoms with van der Waals surface area (Å²) in [4.78, 5) is 22.3. The van der Waals surface area contributed by atoms with Gasteiger partial charge >= 0.3 is 0 Å². The molecule has 0 aliphatic carbocycles. The van der Waals surface area contributed by atoms with Crippen LogP contribution in [0, 0.1) is 17.0 Å². The van der Waals surface area contributed by atoms with Gasteiger partial charge in [-0.15, -0.1) is 0 Å². The fourth-order valence-corrected chi connectivity index (χ4v) is 2.46. The molecular formula is C19H17N3O5. The number of ether oxygens (including phenoxy) is 1. The van der Waals surface area contributed by atoms with E-state index in [1.54, 1.807) is 31.3 Å². The quantitative estimate of drug-likeness (QED) is 0.273. The summed E-state index contributed by atoms with van der Waals surface area (Å²) in [5.41, 5.74) is 1.27. The minimum absolute atomic E-state index is 0.000977.